The highest BCUT2D eigenvalue weighted by Crippen LogP contribution is 2.13. The molecule has 4 aromatic rings. The number of carbonyl (C=O) groups excluding carboxylic acids is 1. The standard InChI is InChI=1S/C24H21N3O2/c1-17-9-11-18(12-10-17)15-26-23(28)21-14-20-8-5-13-25-22(20)27(24(21)29)16-19-6-3-2-4-7-19/h2-14H,15-16H2,1H3,(H,26,28). The summed E-state index contributed by atoms with van der Waals surface area (Å²) in [5, 5.41) is 3.61. The van der Waals surface area contributed by atoms with Gasteiger partial charge in [-0.05, 0) is 36.2 Å². The van der Waals surface area contributed by atoms with Gasteiger partial charge in [-0.2, -0.15) is 0 Å². The molecule has 0 radical (unpaired) electrons. The Morgan fingerprint density at radius 1 is 0.966 bits per heavy atom. The zero-order chi connectivity index (χ0) is 20.2. The predicted molar refractivity (Wildman–Crippen MR) is 114 cm³/mol. The number of aromatic nitrogens is 2. The summed E-state index contributed by atoms with van der Waals surface area (Å²) in [6.07, 6.45) is 1.65. The van der Waals surface area contributed by atoms with Gasteiger partial charge in [-0.25, -0.2) is 4.98 Å². The maximum Gasteiger partial charge on any atom is 0.265 e. The van der Waals surface area contributed by atoms with Crippen LogP contribution in [0.3, 0.4) is 0 Å². The van der Waals surface area contributed by atoms with Crippen molar-refractivity contribution in [1.29, 1.82) is 0 Å². The number of hydrogen-bond donors (Lipinski definition) is 1. The lowest BCUT2D eigenvalue weighted by atomic mass is 10.1. The fourth-order valence-electron chi connectivity index (χ4n) is 3.27. The molecule has 2 heterocycles. The number of nitrogens with one attached hydrogen (secondary N) is 1. The van der Waals surface area contributed by atoms with Crippen molar-refractivity contribution in [3.8, 4) is 0 Å². The van der Waals surface area contributed by atoms with Crippen LogP contribution in [0.1, 0.15) is 27.0 Å². The van der Waals surface area contributed by atoms with Crippen LogP contribution in [0.2, 0.25) is 0 Å². The molecule has 4 rings (SSSR count). The molecule has 0 saturated heterocycles. The number of benzene rings is 2. The molecule has 0 aliphatic carbocycles. The summed E-state index contributed by atoms with van der Waals surface area (Å²) in [5.74, 6) is -0.386. The molecule has 29 heavy (non-hydrogen) atoms. The average Bonchev–Trinajstić information content (AvgIpc) is 2.75. The number of aryl methyl sites for hydroxylation is 1. The third-order valence-electron chi connectivity index (χ3n) is 4.85. The van der Waals surface area contributed by atoms with E-state index in [9.17, 15) is 9.59 Å². The largest absolute Gasteiger partial charge is 0.348 e. The van der Waals surface area contributed by atoms with Crippen molar-refractivity contribution in [3.63, 3.8) is 0 Å². The van der Waals surface area contributed by atoms with Gasteiger partial charge in [-0.1, -0.05) is 60.2 Å². The van der Waals surface area contributed by atoms with Crippen molar-refractivity contribution in [2.45, 2.75) is 20.0 Å². The summed E-state index contributed by atoms with van der Waals surface area (Å²) < 4.78 is 1.56. The number of pyridine rings is 2. The van der Waals surface area contributed by atoms with Gasteiger partial charge < -0.3 is 5.32 Å². The first kappa shape index (κ1) is 18.6. The third kappa shape index (κ3) is 4.09. The molecule has 0 bridgehead atoms. The highest BCUT2D eigenvalue weighted by molar-refractivity contribution is 5.96. The summed E-state index contributed by atoms with van der Waals surface area (Å²) in [6.45, 7) is 2.73. The quantitative estimate of drug-likeness (QED) is 0.572. The Bertz CT molecular complexity index is 1210. The van der Waals surface area contributed by atoms with E-state index in [0.717, 1.165) is 22.1 Å². The van der Waals surface area contributed by atoms with Crippen molar-refractivity contribution in [3.05, 3.63) is 112 Å². The van der Waals surface area contributed by atoms with E-state index >= 15 is 0 Å². The molecule has 1 amide bonds. The second-order valence-corrected chi connectivity index (χ2v) is 7.02. The first-order valence-electron chi connectivity index (χ1n) is 9.48. The van der Waals surface area contributed by atoms with Gasteiger partial charge in [0.05, 0.1) is 6.54 Å². The maximum atomic E-state index is 13.1. The Morgan fingerprint density at radius 3 is 2.48 bits per heavy atom. The molecule has 0 aliphatic rings. The van der Waals surface area contributed by atoms with E-state index in [1.807, 2.05) is 67.6 Å². The summed E-state index contributed by atoms with van der Waals surface area (Å²) in [7, 11) is 0. The Hall–Kier alpha value is -3.73. The topological polar surface area (TPSA) is 64.0 Å². The van der Waals surface area contributed by atoms with Crippen molar-refractivity contribution < 1.29 is 4.79 Å². The zero-order valence-corrected chi connectivity index (χ0v) is 16.1. The second-order valence-electron chi connectivity index (χ2n) is 7.02. The van der Waals surface area contributed by atoms with Crippen LogP contribution < -0.4 is 10.9 Å². The van der Waals surface area contributed by atoms with Crippen molar-refractivity contribution >= 4 is 16.9 Å². The van der Waals surface area contributed by atoms with Gasteiger partial charge in [0, 0.05) is 18.1 Å². The third-order valence-corrected chi connectivity index (χ3v) is 4.85. The van der Waals surface area contributed by atoms with Crippen LogP contribution in [-0.4, -0.2) is 15.5 Å². The summed E-state index contributed by atoms with van der Waals surface area (Å²) in [5.41, 5.74) is 3.45. The van der Waals surface area contributed by atoms with Crippen LogP contribution in [0, 0.1) is 6.92 Å². The van der Waals surface area contributed by atoms with Crippen LogP contribution in [0.25, 0.3) is 11.0 Å². The Kier molecular flexibility index (Phi) is 5.20. The van der Waals surface area contributed by atoms with Crippen LogP contribution in [0.4, 0.5) is 0 Å². The van der Waals surface area contributed by atoms with Gasteiger partial charge in [0.15, 0.2) is 0 Å². The summed E-state index contributed by atoms with van der Waals surface area (Å²) >= 11 is 0. The smallest absolute Gasteiger partial charge is 0.265 e. The minimum Gasteiger partial charge on any atom is -0.348 e. The molecular formula is C24H21N3O2. The monoisotopic (exact) mass is 383 g/mol. The number of rotatable bonds is 5. The van der Waals surface area contributed by atoms with Gasteiger partial charge in [-0.15, -0.1) is 0 Å². The number of fused-ring (bicyclic) bond motifs is 1. The van der Waals surface area contributed by atoms with E-state index in [0.29, 0.717) is 18.7 Å². The molecule has 5 nitrogen and oxygen atoms in total. The second kappa shape index (κ2) is 8.10. The highest BCUT2D eigenvalue weighted by Gasteiger charge is 2.16. The number of amides is 1. The predicted octanol–water partition coefficient (Wildman–Crippen LogP) is 3.68. The van der Waals surface area contributed by atoms with E-state index in [4.69, 9.17) is 0 Å². The Balaban J connectivity index is 1.68. The van der Waals surface area contributed by atoms with Crippen LogP contribution in [0.5, 0.6) is 0 Å². The number of nitrogens with zero attached hydrogens (tertiary/aromatic N) is 2. The van der Waals surface area contributed by atoms with Crippen LogP contribution in [-0.2, 0) is 13.1 Å². The molecule has 144 valence electrons. The van der Waals surface area contributed by atoms with Crippen molar-refractivity contribution in [2.75, 3.05) is 0 Å². The lowest BCUT2D eigenvalue weighted by Crippen LogP contribution is -2.33. The number of carbonyl (C=O) groups is 1. The Labute approximate surface area is 168 Å². The lowest BCUT2D eigenvalue weighted by Gasteiger charge is -2.12. The normalized spacial score (nSPS) is 10.8. The van der Waals surface area contributed by atoms with Crippen molar-refractivity contribution in [1.82, 2.24) is 14.9 Å². The average molecular weight is 383 g/mol. The van der Waals surface area contributed by atoms with E-state index in [1.54, 1.807) is 22.9 Å². The van der Waals surface area contributed by atoms with E-state index < -0.39 is 0 Å². The molecule has 1 N–H and O–H groups in total. The van der Waals surface area contributed by atoms with E-state index in [1.165, 1.54) is 0 Å². The lowest BCUT2D eigenvalue weighted by molar-refractivity contribution is 0.0949. The maximum absolute atomic E-state index is 13.1. The minimum atomic E-state index is -0.386. The first-order chi connectivity index (χ1) is 14.1. The van der Waals surface area contributed by atoms with Gasteiger partial charge >= 0.3 is 0 Å². The summed E-state index contributed by atoms with van der Waals surface area (Å²) in [4.78, 5) is 30.3. The molecule has 2 aromatic carbocycles. The molecule has 5 heteroatoms. The molecule has 0 spiro atoms. The summed E-state index contributed by atoms with van der Waals surface area (Å²) in [6, 6.07) is 22.9. The molecular weight excluding hydrogens is 362 g/mol. The van der Waals surface area contributed by atoms with Crippen molar-refractivity contribution in [2.24, 2.45) is 0 Å². The molecule has 0 atom stereocenters. The molecule has 2 aromatic heterocycles. The SMILES string of the molecule is Cc1ccc(CNC(=O)c2cc3cccnc3n(Cc3ccccc3)c2=O)cc1. The first-order valence-corrected chi connectivity index (χ1v) is 9.48. The fourth-order valence-corrected chi connectivity index (χ4v) is 3.27. The van der Waals surface area contributed by atoms with Gasteiger partial charge in [0.1, 0.15) is 11.2 Å². The van der Waals surface area contributed by atoms with E-state index in [-0.39, 0.29) is 17.0 Å². The highest BCUT2D eigenvalue weighted by atomic mass is 16.2. The fraction of sp³-hybridized carbons (Fsp3) is 0.125. The van der Waals surface area contributed by atoms with Gasteiger partial charge in [0.2, 0.25) is 0 Å². The molecule has 0 unspecified atom stereocenters. The molecule has 0 saturated carbocycles. The Morgan fingerprint density at radius 2 is 1.72 bits per heavy atom. The molecule has 0 fully saturated rings. The van der Waals surface area contributed by atoms with E-state index in [2.05, 4.69) is 10.3 Å². The van der Waals surface area contributed by atoms with Crippen LogP contribution in [0.15, 0.2) is 83.8 Å². The molecule has 0 aliphatic heterocycles. The van der Waals surface area contributed by atoms with Crippen LogP contribution >= 0.6 is 0 Å². The number of hydrogen-bond acceptors (Lipinski definition) is 3. The zero-order valence-electron chi connectivity index (χ0n) is 16.1. The minimum absolute atomic E-state index is 0.119. The van der Waals surface area contributed by atoms with Gasteiger partial charge in [-0.3, -0.25) is 14.2 Å². The van der Waals surface area contributed by atoms with Gasteiger partial charge in [0.25, 0.3) is 11.5 Å².